The van der Waals surface area contributed by atoms with Gasteiger partial charge in [-0.3, -0.25) is 19.5 Å². The summed E-state index contributed by atoms with van der Waals surface area (Å²) < 4.78 is 5.44. The molecular formula is C19H23N3O3S. The van der Waals surface area contributed by atoms with Gasteiger partial charge in [0.1, 0.15) is 0 Å². The minimum Gasteiger partial charge on any atom is -0.379 e. The van der Waals surface area contributed by atoms with Crippen LogP contribution in [-0.4, -0.2) is 54.4 Å². The van der Waals surface area contributed by atoms with E-state index in [1.54, 1.807) is 12.3 Å². The molecule has 1 aliphatic heterocycles. The Balaban J connectivity index is 1.61. The predicted octanol–water partition coefficient (Wildman–Crippen LogP) is 2.08. The summed E-state index contributed by atoms with van der Waals surface area (Å²) >= 11 is 1.38. The molecule has 26 heavy (non-hydrogen) atoms. The number of carbonyl (C=O) groups excluding carboxylic acids is 2. The third-order valence-corrected chi connectivity index (χ3v) is 5.45. The SMILES string of the molecule is CC(=O)c1cc(CC(=O)NC[C@H](c2ccccn2)N2CCOCC2)cs1. The topological polar surface area (TPSA) is 71.5 Å². The average molecular weight is 373 g/mol. The molecule has 2 aromatic rings. The predicted molar refractivity (Wildman–Crippen MR) is 100 cm³/mol. The minimum absolute atomic E-state index is 0.0271. The number of pyridine rings is 1. The summed E-state index contributed by atoms with van der Waals surface area (Å²) in [5, 5.41) is 4.89. The maximum Gasteiger partial charge on any atom is 0.224 e. The molecule has 2 aromatic heterocycles. The zero-order chi connectivity index (χ0) is 18.4. The van der Waals surface area contributed by atoms with Gasteiger partial charge in [-0.2, -0.15) is 0 Å². The van der Waals surface area contributed by atoms with E-state index in [2.05, 4.69) is 15.2 Å². The number of morpholine rings is 1. The third kappa shape index (κ3) is 4.97. The van der Waals surface area contributed by atoms with E-state index in [1.165, 1.54) is 18.3 Å². The van der Waals surface area contributed by atoms with Gasteiger partial charge in [0.25, 0.3) is 0 Å². The molecular weight excluding hydrogens is 350 g/mol. The van der Waals surface area contributed by atoms with E-state index in [1.807, 2.05) is 23.6 Å². The highest BCUT2D eigenvalue weighted by Gasteiger charge is 2.24. The highest BCUT2D eigenvalue weighted by molar-refractivity contribution is 7.12. The molecule has 6 nitrogen and oxygen atoms in total. The number of aromatic nitrogens is 1. The number of hydrogen-bond acceptors (Lipinski definition) is 6. The Kier molecular flexibility index (Phi) is 6.49. The molecule has 0 bridgehead atoms. The maximum atomic E-state index is 12.4. The molecule has 0 spiro atoms. The van der Waals surface area contributed by atoms with Crippen LogP contribution in [-0.2, 0) is 16.0 Å². The van der Waals surface area contributed by atoms with Crippen LogP contribution < -0.4 is 5.32 Å². The van der Waals surface area contributed by atoms with Gasteiger partial charge in [-0.1, -0.05) is 6.07 Å². The Labute approximate surface area is 157 Å². The van der Waals surface area contributed by atoms with Crippen LogP contribution in [0.25, 0.3) is 0 Å². The van der Waals surface area contributed by atoms with Gasteiger partial charge in [0.05, 0.1) is 36.2 Å². The van der Waals surface area contributed by atoms with E-state index < -0.39 is 0 Å². The number of thiophene rings is 1. The standard InChI is InChI=1S/C19H23N3O3S/c1-14(23)18-10-15(13-26-18)11-19(24)21-12-17(16-4-2-3-5-20-16)22-6-8-25-9-7-22/h2-5,10,13,17H,6-9,11-12H2,1H3,(H,21,24)/t17-/m1/s1. The second kappa shape index (κ2) is 9.02. The van der Waals surface area contributed by atoms with Crippen LogP contribution in [0, 0.1) is 0 Å². The summed E-state index contributed by atoms with van der Waals surface area (Å²) in [7, 11) is 0. The van der Waals surface area contributed by atoms with Gasteiger partial charge in [-0.25, -0.2) is 0 Å². The number of hydrogen-bond donors (Lipinski definition) is 1. The lowest BCUT2D eigenvalue weighted by Crippen LogP contribution is -2.44. The van der Waals surface area contributed by atoms with Gasteiger partial charge in [-0.15, -0.1) is 11.3 Å². The lowest BCUT2D eigenvalue weighted by molar-refractivity contribution is -0.120. The summed E-state index contributed by atoms with van der Waals surface area (Å²) in [6.45, 7) is 5.07. The molecule has 1 aliphatic rings. The number of ether oxygens (including phenoxy) is 1. The van der Waals surface area contributed by atoms with Gasteiger partial charge < -0.3 is 10.1 Å². The molecule has 1 N–H and O–H groups in total. The monoisotopic (exact) mass is 373 g/mol. The molecule has 1 amide bonds. The molecule has 0 radical (unpaired) electrons. The van der Waals surface area contributed by atoms with Crippen LogP contribution >= 0.6 is 11.3 Å². The zero-order valence-electron chi connectivity index (χ0n) is 14.8. The van der Waals surface area contributed by atoms with Crippen LogP contribution in [0.15, 0.2) is 35.8 Å². The van der Waals surface area contributed by atoms with Crippen molar-refractivity contribution in [1.82, 2.24) is 15.2 Å². The molecule has 138 valence electrons. The lowest BCUT2D eigenvalue weighted by Gasteiger charge is -2.34. The normalized spacial score (nSPS) is 16.2. The molecule has 1 atom stereocenters. The van der Waals surface area contributed by atoms with Crippen molar-refractivity contribution in [2.24, 2.45) is 0 Å². The first-order valence-electron chi connectivity index (χ1n) is 8.71. The number of amides is 1. The molecule has 3 rings (SSSR count). The Morgan fingerprint density at radius 2 is 2.15 bits per heavy atom. The van der Waals surface area contributed by atoms with Crippen LogP contribution in [0.4, 0.5) is 0 Å². The number of rotatable bonds is 7. The van der Waals surface area contributed by atoms with E-state index in [9.17, 15) is 9.59 Å². The zero-order valence-corrected chi connectivity index (χ0v) is 15.6. The molecule has 3 heterocycles. The van der Waals surface area contributed by atoms with Crippen molar-refractivity contribution < 1.29 is 14.3 Å². The third-order valence-electron chi connectivity index (χ3n) is 4.37. The van der Waals surface area contributed by atoms with E-state index in [-0.39, 0.29) is 24.2 Å². The summed E-state index contributed by atoms with van der Waals surface area (Å²) in [4.78, 5) is 31.2. The Morgan fingerprint density at radius 1 is 1.35 bits per heavy atom. The molecule has 0 unspecified atom stereocenters. The highest BCUT2D eigenvalue weighted by atomic mass is 32.1. The molecule has 1 fully saturated rings. The minimum atomic E-state index is -0.0490. The van der Waals surface area contributed by atoms with Crippen LogP contribution in [0.3, 0.4) is 0 Å². The number of nitrogens with one attached hydrogen (secondary N) is 1. The smallest absolute Gasteiger partial charge is 0.224 e. The lowest BCUT2D eigenvalue weighted by atomic mass is 10.1. The number of carbonyl (C=O) groups is 2. The first-order chi connectivity index (χ1) is 12.6. The van der Waals surface area contributed by atoms with Crippen LogP contribution in [0.1, 0.15) is 33.9 Å². The van der Waals surface area contributed by atoms with E-state index in [0.29, 0.717) is 24.6 Å². The van der Waals surface area contributed by atoms with Crippen molar-refractivity contribution in [3.05, 3.63) is 52.0 Å². The van der Waals surface area contributed by atoms with Gasteiger partial charge in [0.2, 0.25) is 5.91 Å². The van der Waals surface area contributed by atoms with Crippen molar-refractivity contribution in [2.75, 3.05) is 32.8 Å². The summed E-state index contributed by atoms with van der Waals surface area (Å²) in [6.07, 6.45) is 2.06. The molecule has 0 aliphatic carbocycles. The largest absolute Gasteiger partial charge is 0.379 e. The summed E-state index contributed by atoms with van der Waals surface area (Å²) in [6, 6.07) is 7.67. The van der Waals surface area contributed by atoms with Gasteiger partial charge in [-0.05, 0) is 36.1 Å². The van der Waals surface area contributed by atoms with Gasteiger partial charge >= 0.3 is 0 Å². The van der Waals surface area contributed by atoms with E-state index in [4.69, 9.17) is 4.74 Å². The van der Waals surface area contributed by atoms with Crippen LogP contribution in [0.5, 0.6) is 0 Å². The van der Waals surface area contributed by atoms with Crippen molar-refractivity contribution in [2.45, 2.75) is 19.4 Å². The summed E-state index contributed by atoms with van der Waals surface area (Å²) in [5.74, 6) is -0.0173. The maximum absolute atomic E-state index is 12.4. The Hall–Kier alpha value is -2.09. The van der Waals surface area contributed by atoms with Crippen LogP contribution in [0.2, 0.25) is 0 Å². The highest BCUT2D eigenvalue weighted by Crippen LogP contribution is 2.20. The van der Waals surface area contributed by atoms with Crippen molar-refractivity contribution in [3.63, 3.8) is 0 Å². The molecule has 1 saturated heterocycles. The fourth-order valence-electron chi connectivity index (χ4n) is 2.99. The molecule has 7 heteroatoms. The molecule has 0 aromatic carbocycles. The Morgan fingerprint density at radius 3 is 2.81 bits per heavy atom. The second-order valence-corrected chi connectivity index (χ2v) is 7.19. The number of ketones is 1. The second-order valence-electron chi connectivity index (χ2n) is 6.27. The van der Waals surface area contributed by atoms with Crippen molar-refractivity contribution in [1.29, 1.82) is 0 Å². The van der Waals surface area contributed by atoms with Gasteiger partial charge in [0, 0.05) is 25.8 Å². The summed E-state index contributed by atoms with van der Waals surface area (Å²) in [5.41, 5.74) is 1.82. The van der Waals surface area contributed by atoms with E-state index in [0.717, 1.165) is 24.3 Å². The molecule has 0 saturated carbocycles. The fourth-order valence-corrected chi connectivity index (χ4v) is 3.81. The van der Waals surface area contributed by atoms with E-state index >= 15 is 0 Å². The van der Waals surface area contributed by atoms with Gasteiger partial charge in [0.15, 0.2) is 5.78 Å². The first kappa shape index (κ1) is 18.7. The Bertz CT molecular complexity index is 741. The quantitative estimate of drug-likeness (QED) is 0.753. The average Bonchev–Trinajstić information content (AvgIpc) is 3.12. The van der Waals surface area contributed by atoms with Crippen molar-refractivity contribution >= 4 is 23.0 Å². The van der Waals surface area contributed by atoms with Crippen molar-refractivity contribution in [3.8, 4) is 0 Å². The fraction of sp³-hybridized carbons (Fsp3) is 0.421. The number of Topliss-reactive ketones (excluding diaryl/α,β-unsaturated/α-hetero) is 1. The first-order valence-corrected chi connectivity index (χ1v) is 9.59. The number of nitrogens with zero attached hydrogens (tertiary/aromatic N) is 2.